The molecule has 0 atom stereocenters. The summed E-state index contributed by atoms with van der Waals surface area (Å²) >= 11 is 0. The average Bonchev–Trinajstić information content (AvgIpc) is 2.70. The van der Waals surface area contributed by atoms with E-state index in [4.69, 9.17) is 4.74 Å². The highest BCUT2D eigenvalue weighted by Crippen LogP contribution is 2.20. The molecule has 138 valence electrons. The fourth-order valence-electron chi connectivity index (χ4n) is 3.25. The van der Waals surface area contributed by atoms with E-state index >= 15 is 0 Å². The molecule has 0 amide bonds. The number of morpholine rings is 1. The maximum atomic E-state index is 12.9. The van der Waals surface area contributed by atoms with Crippen molar-refractivity contribution in [3.8, 4) is 0 Å². The molecule has 0 spiro atoms. The summed E-state index contributed by atoms with van der Waals surface area (Å²) in [4.78, 5) is 21.4. The second-order valence-electron chi connectivity index (χ2n) is 6.45. The zero-order valence-electron chi connectivity index (χ0n) is 14.5. The van der Waals surface area contributed by atoms with E-state index < -0.39 is 5.82 Å². The molecule has 0 aromatic carbocycles. The van der Waals surface area contributed by atoms with Crippen LogP contribution >= 0.6 is 0 Å². The van der Waals surface area contributed by atoms with E-state index in [0.717, 1.165) is 50.8 Å². The van der Waals surface area contributed by atoms with Crippen molar-refractivity contribution in [2.75, 3.05) is 54.5 Å². The monoisotopic (exact) mass is 359 g/mol. The fourth-order valence-corrected chi connectivity index (χ4v) is 3.25. The van der Waals surface area contributed by atoms with Crippen LogP contribution in [-0.2, 0) is 4.74 Å². The van der Waals surface area contributed by atoms with Gasteiger partial charge >= 0.3 is 0 Å². The third kappa shape index (κ3) is 3.98. The van der Waals surface area contributed by atoms with Gasteiger partial charge < -0.3 is 19.9 Å². The van der Waals surface area contributed by atoms with Gasteiger partial charge in [-0.1, -0.05) is 0 Å². The van der Waals surface area contributed by atoms with E-state index in [2.05, 4.69) is 35.1 Å². The van der Waals surface area contributed by atoms with Crippen molar-refractivity contribution in [2.24, 2.45) is 0 Å². The molecule has 0 aliphatic carbocycles. The number of nitrogens with zero attached hydrogens (tertiary/aromatic N) is 6. The largest absolute Gasteiger partial charge is 0.378 e. The molecule has 8 nitrogen and oxygen atoms in total. The SMILES string of the molecule is Fc1cnc(N2CCC(Nc3ccnc(N4CCOCC4)n3)CC2)nc1. The van der Waals surface area contributed by atoms with Crippen LogP contribution < -0.4 is 15.1 Å². The molecule has 0 unspecified atom stereocenters. The van der Waals surface area contributed by atoms with Crippen LogP contribution in [0, 0.1) is 5.82 Å². The topological polar surface area (TPSA) is 79.3 Å². The van der Waals surface area contributed by atoms with Crippen LogP contribution in [-0.4, -0.2) is 65.4 Å². The Labute approximate surface area is 151 Å². The molecule has 26 heavy (non-hydrogen) atoms. The minimum absolute atomic E-state index is 0.333. The summed E-state index contributed by atoms with van der Waals surface area (Å²) in [6.45, 7) is 4.71. The van der Waals surface area contributed by atoms with Gasteiger partial charge in [-0.05, 0) is 18.9 Å². The maximum absolute atomic E-state index is 12.9. The Balaban J connectivity index is 1.33. The minimum atomic E-state index is -0.412. The molecule has 2 aromatic heterocycles. The zero-order chi connectivity index (χ0) is 17.8. The van der Waals surface area contributed by atoms with Crippen molar-refractivity contribution in [2.45, 2.75) is 18.9 Å². The van der Waals surface area contributed by atoms with Crippen LogP contribution in [0.15, 0.2) is 24.7 Å². The van der Waals surface area contributed by atoms with Crippen LogP contribution in [0.2, 0.25) is 0 Å². The number of piperidine rings is 1. The highest BCUT2D eigenvalue weighted by atomic mass is 19.1. The predicted octanol–water partition coefficient (Wildman–Crippen LogP) is 1.32. The number of nitrogens with one attached hydrogen (secondary N) is 1. The summed E-state index contributed by atoms with van der Waals surface area (Å²) in [6.07, 6.45) is 6.10. The first-order valence-electron chi connectivity index (χ1n) is 8.93. The number of hydrogen-bond acceptors (Lipinski definition) is 8. The molecule has 4 rings (SSSR count). The molecule has 2 aromatic rings. The quantitative estimate of drug-likeness (QED) is 0.876. The fraction of sp³-hybridized carbons (Fsp3) is 0.529. The number of aromatic nitrogens is 4. The first-order chi connectivity index (χ1) is 12.8. The lowest BCUT2D eigenvalue weighted by Crippen LogP contribution is -2.40. The third-order valence-corrected chi connectivity index (χ3v) is 4.67. The van der Waals surface area contributed by atoms with Gasteiger partial charge in [-0.25, -0.2) is 19.3 Å². The Hall–Kier alpha value is -2.55. The summed E-state index contributed by atoms with van der Waals surface area (Å²) in [7, 11) is 0. The van der Waals surface area contributed by atoms with Crippen LogP contribution in [0.3, 0.4) is 0 Å². The molecule has 4 heterocycles. The van der Waals surface area contributed by atoms with Gasteiger partial charge in [0.1, 0.15) is 5.82 Å². The normalized spacial score (nSPS) is 18.8. The van der Waals surface area contributed by atoms with Gasteiger partial charge in [0, 0.05) is 38.4 Å². The number of hydrogen-bond donors (Lipinski definition) is 1. The van der Waals surface area contributed by atoms with Crippen molar-refractivity contribution in [1.29, 1.82) is 0 Å². The summed E-state index contributed by atoms with van der Waals surface area (Å²) in [6, 6.07) is 2.23. The van der Waals surface area contributed by atoms with E-state index in [1.165, 1.54) is 12.4 Å². The smallest absolute Gasteiger partial charge is 0.227 e. The maximum Gasteiger partial charge on any atom is 0.227 e. The first-order valence-corrected chi connectivity index (χ1v) is 8.93. The van der Waals surface area contributed by atoms with E-state index in [0.29, 0.717) is 25.2 Å². The molecule has 0 bridgehead atoms. The van der Waals surface area contributed by atoms with Crippen LogP contribution in [0.25, 0.3) is 0 Å². The van der Waals surface area contributed by atoms with Gasteiger partial charge in [0.25, 0.3) is 0 Å². The molecule has 2 aliphatic rings. The van der Waals surface area contributed by atoms with Crippen molar-refractivity contribution in [3.63, 3.8) is 0 Å². The molecule has 0 saturated carbocycles. The van der Waals surface area contributed by atoms with Crippen LogP contribution in [0.1, 0.15) is 12.8 Å². The van der Waals surface area contributed by atoms with Crippen molar-refractivity contribution in [1.82, 2.24) is 19.9 Å². The Bertz CT molecular complexity index is 715. The lowest BCUT2D eigenvalue weighted by atomic mass is 10.1. The summed E-state index contributed by atoms with van der Waals surface area (Å²) < 4.78 is 18.3. The lowest BCUT2D eigenvalue weighted by molar-refractivity contribution is 0.122. The van der Waals surface area contributed by atoms with Gasteiger partial charge in [-0.15, -0.1) is 0 Å². The van der Waals surface area contributed by atoms with Crippen LogP contribution in [0.4, 0.5) is 22.1 Å². The molecule has 2 fully saturated rings. The van der Waals surface area contributed by atoms with Gasteiger partial charge in [0.05, 0.1) is 25.6 Å². The second kappa shape index (κ2) is 7.77. The number of halogens is 1. The highest BCUT2D eigenvalue weighted by Gasteiger charge is 2.22. The van der Waals surface area contributed by atoms with Crippen LogP contribution in [0.5, 0.6) is 0 Å². The second-order valence-corrected chi connectivity index (χ2v) is 6.45. The van der Waals surface area contributed by atoms with Crippen molar-refractivity contribution < 1.29 is 9.13 Å². The molecular weight excluding hydrogens is 337 g/mol. The Kier molecular flexibility index (Phi) is 5.05. The summed E-state index contributed by atoms with van der Waals surface area (Å²) in [5.41, 5.74) is 0. The van der Waals surface area contributed by atoms with Gasteiger partial charge in [-0.2, -0.15) is 4.98 Å². The van der Waals surface area contributed by atoms with E-state index in [-0.39, 0.29) is 0 Å². The minimum Gasteiger partial charge on any atom is -0.378 e. The molecule has 2 aliphatic heterocycles. The standard InChI is InChI=1S/C17H22FN7O/c18-13-11-20-16(21-12-13)24-5-2-14(3-6-24)22-15-1-4-19-17(23-15)25-7-9-26-10-8-25/h1,4,11-12,14H,2-3,5-10H2,(H,19,22,23). The molecular formula is C17H22FN7O. The van der Waals surface area contributed by atoms with E-state index in [9.17, 15) is 4.39 Å². The van der Waals surface area contributed by atoms with Crippen molar-refractivity contribution in [3.05, 3.63) is 30.5 Å². The Morgan fingerprint density at radius 1 is 0.962 bits per heavy atom. The third-order valence-electron chi connectivity index (χ3n) is 4.67. The Morgan fingerprint density at radius 3 is 2.38 bits per heavy atom. The molecule has 0 radical (unpaired) electrons. The first kappa shape index (κ1) is 16.9. The number of anilines is 3. The van der Waals surface area contributed by atoms with Crippen molar-refractivity contribution >= 4 is 17.7 Å². The molecule has 1 N–H and O–H groups in total. The predicted molar refractivity (Wildman–Crippen MR) is 95.9 cm³/mol. The number of ether oxygens (including phenoxy) is 1. The van der Waals surface area contributed by atoms with E-state index in [1.54, 1.807) is 6.20 Å². The van der Waals surface area contributed by atoms with Gasteiger partial charge in [0.2, 0.25) is 11.9 Å². The van der Waals surface area contributed by atoms with Gasteiger partial charge in [0.15, 0.2) is 5.82 Å². The number of rotatable bonds is 4. The zero-order valence-corrected chi connectivity index (χ0v) is 14.5. The van der Waals surface area contributed by atoms with E-state index in [1.807, 2.05) is 6.07 Å². The lowest BCUT2D eigenvalue weighted by Gasteiger charge is -2.32. The Morgan fingerprint density at radius 2 is 1.65 bits per heavy atom. The molecule has 2 saturated heterocycles. The van der Waals surface area contributed by atoms with Gasteiger partial charge in [-0.3, -0.25) is 0 Å². The molecule has 9 heteroatoms. The average molecular weight is 359 g/mol. The summed E-state index contributed by atoms with van der Waals surface area (Å²) in [5, 5.41) is 3.50. The summed E-state index contributed by atoms with van der Waals surface area (Å²) in [5.74, 6) is 1.76. The highest BCUT2D eigenvalue weighted by molar-refractivity contribution is 5.42.